The summed E-state index contributed by atoms with van der Waals surface area (Å²) in [4.78, 5) is 49.6. The molecule has 0 aliphatic carbocycles. The number of imide groups is 1. The summed E-state index contributed by atoms with van der Waals surface area (Å²) < 4.78 is 20.2. The van der Waals surface area contributed by atoms with Gasteiger partial charge in [-0.15, -0.1) is 11.3 Å². The lowest BCUT2D eigenvalue weighted by Gasteiger charge is -2.25. The van der Waals surface area contributed by atoms with E-state index in [1.165, 1.54) is 19.1 Å². The number of nitrogens with zero attached hydrogens (tertiary/aromatic N) is 1. The summed E-state index contributed by atoms with van der Waals surface area (Å²) in [5.74, 6) is -5.73. The maximum atomic E-state index is 15.6. The second-order valence-corrected chi connectivity index (χ2v) is 5.92. The molecule has 2 heterocycles. The highest BCUT2D eigenvalue weighted by molar-refractivity contribution is 7.12. The molecule has 0 spiro atoms. The van der Waals surface area contributed by atoms with Gasteiger partial charge in [0.25, 0.3) is 5.67 Å². The molecule has 1 aliphatic rings. The van der Waals surface area contributed by atoms with Crippen molar-refractivity contribution >= 4 is 34.9 Å². The number of thiophene rings is 1. The van der Waals surface area contributed by atoms with Crippen LogP contribution in [0.5, 0.6) is 0 Å². The second-order valence-electron chi connectivity index (χ2n) is 4.97. The van der Waals surface area contributed by atoms with Crippen molar-refractivity contribution in [1.29, 1.82) is 0 Å². The molecule has 0 bridgehead atoms. The second kappa shape index (κ2) is 6.57. The molecule has 0 aromatic carbocycles. The molecule has 1 aliphatic heterocycles. The number of amides is 2. The quantitative estimate of drug-likeness (QED) is 0.340. The van der Waals surface area contributed by atoms with Crippen LogP contribution >= 0.6 is 11.3 Å². The third-order valence-electron chi connectivity index (χ3n) is 3.69. The maximum absolute atomic E-state index is 15.6. The predicted molar refractivity (Wildman–Crippen MR) is 79.6 cm³/mol. The highest BCUT2D eigenvalue weighted by atomic mass is 32.1. The van der Waals surface area contributed by atoms with Crippen LogP contribution in [0.3, 0.4) is 0 Å². The maximum Gasteiger partial charge on any atom is 0.353 e. The molecular weight excluding hydrogens is 325 g/mol. The standard InChI is InChI=1S/C15H16FNO5S/c1-3-17-11(18)8-9(13(17)20)15(16,14(21)22-4-2)12(19)10-6-5-7-23-10/h5-7,9H,3-4,8H2,1-2H3/t9-,15+/m0/s1. The van der Waals surface area contributed by atoms with Crippen LogP contribution in [-0.4, -0.2) is 47.3 Å². The molecule has 2 rings (SSSR count). The smallest absolute Gasteiger partial charge is 0.353 e. The van der Waals surface area contributed by atoms with E-state index in [9.17, 15) is 19.2 Å². The third kappa shape index (κ3) is 2.78. The van der Waals surface area contributed by atoms with Crippen LogP contribution in [0.15, 0.2) is 17.5 Å². The van der Waals surface area contributed by atoms with E-state index in [4.69, 9.17) is 0 Å². The number of likely N-dealkylation sites (tertiary alicyclic amines) is 1. The van der Waals surface area contributed by atoms with E-state index >= 15 is 4.39 Å². The summed E-state index contributed by atoms with van der Waals surface area (Å²) in [5, 5.41) is 1.55. The number of hydrogen-bond donors (Lipinski definition) is 0. The molecule has 2 atom stereocenters. The van der Waals surface area contributed by atoms with Crippen molar-refractivity contribution in [1.82, 2.24) is 4.90 Å². The van der Waals surface area contributed by atoms with Gasteiger partial charge >= 0.3 is 5.97 Å². The van der Waals surface area contributed by atoms with Gasteiger partial charge in [-0.25, -0.2) is 9.18 Å². The zero-order valence-corrected chi connectivity index (χ0v) is 13.5. The Kier molecular flexibility index (Phi) is 4.93. The van der Waals surface area contributed by atoms with Crippen molar-refractivity contribution in [3.8, 4) is 0 Å². The van der Waals surface area contributed by atoms with Crippen LogP contribution in [-0.2, 0) is 19.1 Å². The number of carbonyl (C=O) groups excluding carboxylic acids is 4. The molecule has 0 radical (unpaired) electrons. The van der Waals surface area contributed by atoms with Gasteiger partial charge in [0.1, 0.15) is 5.92 Å². The fraction of sp³-hybridized carbons (Fsp3) is 0.467. The van der Waals surface area contributed by atoms with Gasteiger partial charge in [-0.1, -0.05) is 6.07 Å². The van der Waals surface area contributed by atoms with E-state index in [1.807, 2.05) is 0 Å². The summed E-state index contributed by atoms with van der Waals surface area (Å²) in [6, 6.07) is 2.89. The number of ether oxygens (including phenoxy) is 1. The normalized spacial score (nSPS) is 20.5. The first kappa shape index (κ1) is 17.3. The van der Waals surface area contributed by atoms with E-state index in [0.29, 0.717) is 0 Å². The monoisotopic (exact) mass is 341 g/mol. The molecule has 6 nitrogen and oxygen atoms in total. The van der Waals surface area contributed by atoms with Crippen molar-refractivity contribution in [2.75, 3.05) is 13.2 Å². The predicted octanol–water partition coefficient (Wildman–Crippen LogP) is 1.60. The Labute approximate surface area is 136 Å². The van der Waals surface area contributed by atoms with Gasteiger partial charge in [-0.05, 0) is 25.3 Å². The first-order valence-corrected chi connectivity index (χ1v) is 8.04. The molecule has 1 aromatic heterocycles. The minimum Gasteiger partial charge on any atom is -0.463 e. The average molecular weight is 341 g/mol. The summed E-state index contributed by atoms with van der Waals surface area (Å²) in [6.45, 7) is 2.94. The number of carbonyl (C=O) groups is 4. The Morgan fingerprint density at radius 2 is 2.13 bits per heavy atom. The van der Waals surface area contributed by atoms with Gasteiger partial charge in [0.15, 0.2) is 0 Å². The van der Waals surface area contributed by atoms with Crippen molar-refractivity contribution < 1.29 is 28.3 Å². The van der Waals surface area contributed by atoms with Gasteiger partial charge in [0, 0.05) is 13.0 Å². The van der Waals surface area contributed by atoms with Crippen LogP contribution in [0.2, 0.25) is 0 Å². The molecule has 23 heavy (non-hydrogen) atoms. The van der Waals surface area contributed by atoms with E-state index in [1.54, 1.807) is 12.3 Å². The van der Waals surface area contributed by atoms with Gasteiger partial charge in [-0.3, -0.25) is 19.3 Å². The Bertz CT molecular complexity index is 644. The van der Waals surface area contributed by atoms with Crippen LogP contribution in [0.4, 0.5) is 4.39 Å². The first-order valence-electron chi connectivity index (χ1n) is 7.16. The molecule has 124 valence electrons. The number of halogens is 1. The summed E-state index contributed by atoms with van der Waals surface area (Å²) in [7, 11) is 0. The number of hydrogen-bond acceptors (Lipinski definition) is 6. The molecule has 0 saturated carbocycles. The Hall–Kier alpha value is -2.09. The van der Waals surface area contributed by atoms with Gasteiger partial charge in [0.2, 0.25) is 17.6 Å². The van der Waals surface area contributed by atoms with Crippen molar-refractivity contribution in [2.45, 2.75) is 25.9 Å². The molecule has 0 N–H and O–H groups in total. The van der Waals surface area contributed by atoms with Crippen molar-refractivity contribution in [3.05, 3.63) is 22.4 Å². The number of alkyl halides is 1. The summed E-state index contributed by atoms with van der Waals surface area (Å²) >= 11 is 0.954. The molecule has 1 aromatic rings. The van der Waals surface area contributed by atoms with Crippen molar-refractivity contribution in [3.63, 3.8) is 0 Å². The summed E-state index contributed by atoms with van der Waals surface area (Å²) in [6.07, 6.45) is -0.529. The van der Waals surface area contributed by atoms with Crippen LogP contribution in [0.25, 0.3) is 0 Å². The molecule has 1 fully saturated rings. The number of Topliss-reactive ketones (excluding diaryl/α,β-unsaturated/α-hetero) is 1. The van der Waals surface area contributed by atoms with E-state index in [0.717, 1.165) is 16.2 Å². The third-order valence-corrected chi connectivity index (χ3v) is 4.56. The lowest BCUT2D eigenvalue weighted by molar-refractivity contribution is -0.160. The molecule has 8 heteroatoms. The molecule has 2 amide bonds. The molecule has 1 saturated heterocycles. The largest absolute Gasteiger partial charge is 0.463 e. The zero-order chi connectivity index (χ0) is 17.2. The number of ketones is 1. The first-order chi connectivity index (χ1) is 10.9. The number of rotatable bonds is 6. The Morgan fingerprint density at radius 1 is 1.43 bits per heavy atom. The van der Waals surface area contributed by atoms with E-state index in [2.05, 4.69) is 4.74 Å². The van der Waals surface area contributed by atoms with Crippen LogP contribution in [0, 0.1) is 5.92 Å². The Morgan fingerprint density at radius 3 is 2.61 bits per heavy atom. The number of esters is 1. The highest BCUT2D eigenvalue weighted by Crippen LogP contribution is 2.37. The van der Waals surface area contributed by atoms with Crippen LogP contribution < -0.4 is 0 Å². The molecular formula is C15H16FNO5S. The van der Waals surface area contributed by atoms with Crippen LogP contribution in [0.1, 0.15) is 29.9 Å². The summed E-state index contributed by atoms with van der Waals surface area (Å²) in [5.41, 5.74) is -3.20. The minimum atomic E-state index is -3.20. The Balaban J connectivity index is 2.46. The molecule has 0 unspecified atom stereocenters. The van der Waals surface area contributed by atoms with Gasteiger partial charge in [0.05, 0.1) is 11.5 Å². The topological polar surface area (TPSA) is 80.8 Å². The van der Waals surface area contributed by atoms with Crippen molar-refractivity contribution in [2.24, 2.45) is 5.92 Å². The van der Waals surface area contributed by atoms with Gasteiger partial charge in [-0.2, -0.15) is 0 Å². The SMILES string of the molecule is CCOC(=O)[C@](F)(C(=O)c1cccs1)[C@H]1CC(=O)N(CC)C1=O. The zero-order valence-electron chi connectivity index (χ0n) is 12.7. The highest BCUT2D eigenvalue weighted by Gasteiger charge is 2.62. The lowest BCUT2D eigenvalue weighted by Crippen LogP contribution is -2.52. The fourth-order valence-corrected chi connectivity index (χ4v) is 3.26. The minimum absolute atomic E-state index is 0.00393. The van der Waals surface area contributed by atoms with Gasteiger partial charge < -0.3 is 4.74 Å². The lowest BCUT2D eigenvalue weighted by atomic mass is 9.83. The van der Waals surface area contributed by atoms with E-state index < -0.39 is 41.6 Å². The average Bonchev–Trinajstić information content (AvgIpc) is 3.14. The van der Waals surface area contributed by atoms with E-state index in [-0.39, 0.29) is 18.0 Å². The fourth-order valence-electron chi connectivity index (χ4n) is 2.54.